The van der Waals surface area contributed by atoms with Gasteiger partial charge in [0.1, 0.15) is 11.7 Å². The molecule has 0 aromatic rings. The number of esters is 2. The smallest absolute Gasteiger partial charge is 0.333 e. The molecule has 6 aliphatic carbocycles. The quantitative estimate of drug-likeness (QED) is 0.408. The predicted molar refractivity (Wildman–Crippen MR) is 119 cm³/mol. The van der Waals surface area contributed by atoms with Crippen LogP contribution in [0.1, 0.15) is 91.4 Å². The molecule has 4 nitrogen and oxygen atoms in total. The summed E-state index contributed by atoms with van der Waals surface area (Å²) in [7, 11) is 0. The van der Waals surface area contributed by atoms with Crippen molar-refractivity contribution in [3.63, 3.8) is 0 Å². The average molecular weight is 429 g/mol. The fourth-order valence-corrected chi connectivity index (χ4v) is 8.38. The van der Waals surface area contributed by atoms with Crippen LogP contribution in [0.15, 0.2) is 12.2 Å². The highest BCUT2D eigenvalue weighted by molar-refractivity contribution is 5.87. The largest absolute Gasteiger partial charge is 0.459 e. The van der Waals surface area contributed by atoms with E-state index in [4.69, 9.17) is 9.47 Å². The zero-order valence-corrected chi connectivity index (χ0v) is 19.7. The molecule has 0 aliphatic heterocycles. The molecule has 0 aromatic heterocycles. The minimum Gasteiger partial charge on any atom is -0.459 e. The Kier molecular flexibility index (Phi) is 5.29. The summed E-state index contributed by atoms with van der Waals surface area (Å²) >= 11 is 0. The number of hydrogen-bond acceptors (Lipinski definition) is 4. The van der Waals surface area contributed by atoms with E-state index in [-0.39, 0.29) is 29.6 Å². The molecule has 0 spiro atoms. The zero-order valence-electron chi connectivity index (χ0n) is 19.7. The Morgan fingerprint density at radius 3 is 2.06 bits per heavy atom. The minimum absolute atomic E-state index is 0.0149. The average Bonchev–Trinajstić information content (AvgIpc) is 2.66. The molecule has 2 atom stereocenters. The van der Waals surface area contributed by atoms with Crippen LogP contribution in [0.25, 0.3) is 0 Å². The summed E-state index contributed by atoms with van der Waals surface area (Å²) in [5.74, 6) is 2.78. The molecule has 0 radical (unpaired) electrons. The zero-order chi connectivity index (χ0) is 22.0. The Morgan fingerprint density at radius 1 is 0.903 bits per heavy atom. The Bertz CT molecular complexity index is 739. The topological polar surface area (TPSA) is 52.6 Å². The highest BCUT2D eigenvalue weighted by Crippen LogP contribution is 2.67. The molecule has 31 heavy (non-hydrogen) atoms. The first-order valence-electron chi connectivity index (χ1n) is 12.8. The lowest BCUT2D eigenvalue weighted by Crippen LogP contribution is -2.66. The molecular formula is C27H40O4. The van der Waals surface area contributed by atoms with E-state index in [0.29, 0.717) is 41.6 Å². The molecule has 6 fully saturated rings. The fraction of sp³-hybridized carbons (Fsp3) is 0.852. The maximum absolute atomic E-state index is 13.4. The first kappa shape index (κ1) is 21.5. The molecule has 4 bridgehead atoms. The van der Waals surface area contributed by atoms with Crippen molar-refractivity contribution in [3.05, 3.63) is 12.2 Å². The maximum Gasteiger partial charge on any atom is 0.333 e. The van der Waals surface area contributed by atoms with E-state index in [9.17, 15) is 9.59 Å². The van der Waals surface area contributed by atoms with Gasteiger partial charge in [0.2, 0.25) is 0 Å². The second-order valence-corrected chi connectivity index (χ2v) is 12.4. The fourth-order valence-electron chi connectivity index (χ4n) is 8.38. The van der Waals surface area contributed by atoms with Crippen molar-refractivity contribution in [3.8, 4) is 0 Å². The van der Waals surface area contributed by atoms with E-state index in [0.717, 1.165) is 11.8 Å². The molecule has 6 aliphatic rings. The lowest BCUT2D eigenvalue weighted by Gasteiger charge is -2.66. The first-order chi connectivity index (χ1) is 14.7. The maximum atomic E-state index is 13.4. The highest BCUT2D eigenvalue weighted by atomic mass is 16.6. The van der Waals surface area contributed by atoms with Gasteiger partial charge in [-0.05, 0) is 87.9 Å². The monoisotopic (exact) mass is 428 g/mol. The van der Waals surface area contributed by atoms with Gasteiger partial charge in [0, 0.05) is 17.4 Å². The summed E-state index contributed by atoms with van der Waals surface area (Å²) in [6.45, 7) is 10.2. The third-order valence-electron chi connectivity index (χ3n) is 9.75. The number of ether oxygens (including phenoxy) is 2. The second kappa shape index (κ2) is 7.63. The number of carbonyl (C=O) groups excluding carboxylic acids is 2. The number of rotatable bonds is 5. The van der Waals surface area contributed by atoms with E-state index >= 15 is 0 Å². The van der Waals surface area contributed by atoms with E-state index in [2.05, 4.69) is 20.4 Å². The molecule has 6 saturated carbocycles. The van der Waals surface area contributed by atoms with Crippen LogP contribution in [0.2, 0.25) is 0 Å². The molecule has 0 heterocycles. The summed E-state index contributed by atoms with van der Waals surface area (Å²) in [5.41, 5.74) is 0.651. The van der Waals surface area contributed by atoms with Gasteiger partial charge in [0.05, 0.1) is 5.92 Å². The van der Waals surface area contributed by atoms with Crippen LogP contribution in [-0.4, -0.2) is 23.6 Å². The summed E-state index contributed by atoms with van der Waals surface area (Å²) in [6.07, 6.45) is 12.4. The van der Waals surface area contributed by atoms with Gasteiger partial charge in [-0.3, -0.25) is 4.79 Å². The Balaban J connectivity index is 1.32. The van der Waals surface area contributed by atoms with Gasteiger partial charge in [-0.2, -0.15) is 0 Å². The van der Waals surface area contributed by atoms with Crippen molar-refractivity contribution in [1.82, 2.24) is 0 Å². The third-order valence-corrected chi connectivity index (χ3v) is 9.75. The van der Waals surface area contributed by atoms with Gasteiger partial charge in [-0.25, -0.2) is 4.79 Å². The molecule has 172 valence electrons. The van der Waals surface area contributed by atoms with Crippen molar-refractivity contribution >= 4 is 11.9 Å². The number of hydrogen-bond donors (Lipinski definition) is 0. The van der Waals surface area contributed by atoms with Crippen LogP contribution < -0.4 is 0 Å². The van der Waals surface area contributed by atoms with E-state index in [1.165, 1.54) is 57.8 Å². The van der Waals surface area contributed by atoms with E-state index in [1.807, 2.05) is 0 Å². The van der Waals surface area contributed by atoms with Crippen LogP contribution >= 0.6 is 0 Å². The molecule has 0 N–H and O–H groups in total. The van der Waals surface area contributed by atoms with Crippen molar-refractivity contribution < 1.29 is 19.1 Å². The van der Waals surface area contributed by atoms with Gasteiger partial charge in [0.15, 0.2) is 0 Å². The van der Waals surface area contributed by atoms with E-state index in [1.54, 1.807) is 6.92 Å². The number of carbonyl (C=O) groups is 2. The Morgan fingerprint density at radius 2 is 1.52 bits per heavy atom. The SMILES string of the molecule is C=C(C)C(=O)OC1CC(C(=O)OC2(C3CCC(C)CC3)C3CC4CC2CC(C)(C4)C3)C1. The van der Waals surface area contributed by atoms with Gasteiger partial charge in [-0.1, -0.05) is 33.3 Å². The van der Waals surface area contributed by atoms with Crippen molar-refractivity contribution in [2.45, 2.75) is 103 Å². The minimum atomic E-state index is -0.348. The van der Waals surface area contributed by atoms with Crippen molar-refractivity contribution in [2.24, 2.45) is 40.9 Å². The molecule has 2 unspecified atom stereocenters. The molecule has 0 aromatic carbocycles. The lowest BCUT2D eigenvalue weighted by molar-refractivity contribution is -0.251. The first-order valence-corrected chi connectivity index (χ1v) is 12.8. The van der Waals surface area contributed by atoms with Crippen LogP contribution in [0.5, 0.6) is 0 Å². The van der Waals surface area contributed by atoms with Gasteiger partial charge < -0.3 is 9.47 Å². The summed E-state index contributed by atoms with van der Waals surface area (Å²) in [6, 6.07) is 0. The molecule has 6 rings (SSSR count). The van der Waals surface area contributed by atoms with Crippen LogP contribution in [0, 0.1) is 40.9 Å². The Hall–Kier alpha value is -1.32. The summed E-state index contributed by atoms with van der Waals surface area (Å²) in [4.78, 5) is 25.2. The molecular weight excluding hydrogens is 388 g/mol. The third kappa shape index (κ3) is 3.66. The summed E-state index contributed by atoms with van der Waals surface area (Å²) in [5, 5.41) is 0. The lowest BCUT2D eigenvalue weighted by atomic mass is 9.42. The van der Waals surface area contributed by atoms with Gasteiger partial charge >= 0.3 is 11.9 Å². The van der Waals surface area contributed by atoms with Gasteiger partial charge in [-0.15, -0.1) is 0 Å². The molecule has 0 saturated heterocycles. The summed E-state index contributed by atoms with van der Waals surface area (Å²) < 4.78 is 12.2. The van der Waals surface area contributed by atoms with Crippen LogP contribution in [0.3, 0.4) is 0 Å². The van der Waals surface area contributed by atoms with Gasteiger partial charge in [0.25, 0.3) is 0 Å². The molecule has 4 heteroatoms. The van der Waals surface area contributed by atoms with Crippen molar-refractivity contribution in [2.75, 3.05) is 0 Å². The second-order valence-electron chi connectivity index (χ2n) is 12.4. The molecule has 0 amide bonds. The Labute approximate surface area is 187 Å². The van der Waals surface area contributed by atoms with E-state index < -0.39 is 0 Å². The standard InChI is InChI=1S/C27H40O4/c1-16(2)24(28)30-23-11-19(12-23)25(29)31-27(20-7-5-17(3)6-8-20)21-9-18-10-22(27)15-26(4,13-18)14-21/h17-23H,1,5-15H2,2-4H3. The predicted octanol–water partition coefficient (Wildman–Crippen LogP) is 5.84. The normalized spacial score (nSPS) is 48.0. The van der Waals surface area contributed by atoms with Crippen LogP contribution in [-0.2, 0) is 19.1 Å². The van der Waals surface area contributed by atoms with Crippen LogP contribution in [0.4, 0.5) is 0 Å². The van der Waals surface area contributed by atoms with Crippen molar-refractivity contribution in [1.29, 1.82) is 0 Å². The highest BCUT2D eigenvalue weighted by Gasteiger charge is 2.65.